The Bertz CT molecular complexity index is 594. The number of carbonyl (C=O) groups is 3. The second-order valence-corrected chi connectivity index (χ2v) is 9.68. The number of amides is 2. The highest BCUT2D eigenvalue weighted by molar-refractivity contribution is 5.90. The first-order valence-corrected chi connectivity index (χ1v) is 10.6. The third kappa shape index (κ3) is 3.59. The lowest BCUT2D eigenvalue weighted by atomic mass is 9.49. The summed E-state index contributed by atoms with van der Waals surface area (Å²) in [6.07, 6.45) is 8.38. The molecule has 27 heavy (non-hydrogen) atoms. The van der Waals surface area contributed by atoms with E-state index in [2.05, 4.69) is 5.32 Å². The summed E-state index contributed by atoms with van der Waals surface area (Å²) in [6.45, 7) is 4.09. The van der Waals surface area contributed by atoms with Crippen molar-refractivity contribution >= 4 is 17.8 Å². The van der Waals surface area contributed by atoms with Gasteiger partial charge in [0.15, 0.2) is 6.61 Å². The van der Waals surface area contributed by atoms with E-state index in [0.717, 1.165) is 25.7 Å². The molecule has 0 unspecified atom stereocenters. The average Bonchev–Trinajstić information content (AvgIpc) is 3.06. The van der Waals surface area contributed by atoms with Crippen molar-refractivity contribution in [3.8, 4) is 0 Å². The van der Waals surface area contributed by atoms with Crippen molar-refractivity contribution in [2.24, 2.45) is 23.2 Å². The number of nitrogens with zero attached hydrogens (tertiary/aromatic N) is 1. The zero-order valence-electron chi connectivity index (χ0n) is 16.5. The number of hydrogen-bond donors (Lipinski definition) is 1. The van der Waals surface area contributed by atoms with E-state index in [9.17, 15) is 14.4 Å². The molecule has 1 aliphatic heterocycles. The normalized spacial score (nSPS) is 36.9. The number of nitrogens with one attached hydrogen (secondary N) is 1. The number of esters is 1. The van der Waals surface area contributed by atoms with Crippen LogP contribution in [0.15, 0.2) is 0 Å². The van der Waals surface area contributed by atoms with E-state index in [1.165, 1.54) is 19.3 Å². The number of rotatable bonds is 5. The van der Waals surface area contributed by atoms with Gasteiger partial charge in [0.1, 0.15) is 6.04 Å². The average molecular weight is 376 g/mol. The number of carbonyl (C=O) groups excluding carboxylic acids is 3. The van der Waals surface area contributed by atoms with Crippen LogP contribution in [0.2, 0.25) is 0 Å². The predicted molar refractivity (Wildman–Crippen MR) is 99.6 cm³/mol. The van der Waals surface area contributed by atoms with Gasteiger partial charge in [0.2, 0.25) is 5.91 Å². The standard InChI is InChI=1S/C21H32N2O4/c1-13(2)22-18(24)12-27-19(25)17-4-3-5-23(17)20(26)21-9-14-6-15(10-21)8-16(7-14)11-21/h13-17H,3-12H2,1-2H3,(H,22,24)/t14?,15?,16?,17-,21?/m0/s1. The van der Waals surface area contributed by atoms with E-state index in [-0.39, 0.29) is 29.9 Å². The Labute approximate surface area is 161 Å². The maximum Gasteiger partial charge on any atom is 0.329 e. The van der Waals surface area contributed by atoms with Crippen LogP contribution in [0.4, 0.5) is 0 Å². The van der Waals surface area contributed by atoms with Gasteiger partial charge in [0.25, 0.3) is 5.91 Å². The molecule has 4 saturated carbocycles. The summed E-state index contributed by atoms with van der Waals surface area (Å²) in [4.78, 5) is 39.7. The van der Waals surface area contributed by atoms with E-state index >= 15 is 0 Å². The van der Waals surface area contributed by atoms with Crippen LogP contribution in [0.5, 0.6) is 0 Å². The summed E-state index contributed by atoms with van der Waals surface area (Å²) in [5.74, 6) is 1.57. The van der Waals surface area contributed by atoms with E-state index in [1.807, 2.05) is 13.8 Å². The van der Waals surface area contributed by atoms with Crippen LogP contribution in [-0.4, -0.2) is 47.9 Å². The first kappa shape index (κ1) is 18.8. The van der Waals surface area contributed by atoms with Gasteiger partial charge in [-0.1, -0.05) is 0 Å². The Hall–Kier alpha value is -1.59. The molecule has 1 heterocycles. The van der Waals surface area contributed by atoms with Gasteiger partial charge in [-0.05, 0) is 83.0 Å². The summed E-state index contributed by atoms with van der Waals surface area (Å²) >= 11 is 0. The highest BCUT2D eigenvalue weighted by atomic mass is 16.5. The molecule has 5 fully saturated rings. The molecule has 0 radical (unpaired) electrons. The monoisotopic (exact) mass is 376 g/mol. The SMILES string of the molecule is CC(C)NC(=O)COC(=O)[C@@H]1CCCN1C(=O)C12CC3CC(CC(C3)C1)C2. The minimum atomic E-state index is -0.516. The third-order valence-corrected chi connectivity index (χ3v) is 7.07. The quantitative estimate of drug-likeness (QED) is 0.747. The Morgan fingerprint density at radius 3 is 2.22 bits per heavy atom. The summed E-state index contributed by atoms with van der Waals surface area (Å²) in [7, 11) is 0. The molecule has 4 aliphatic carbocycles. The second kappa shape index (κ2) is 7.10. The zero-order valence-corrected chi connectivity index (χ0v) is 16.5. The van der Waals surface area contributed by atoms with E-state index in [0.29, 0.717) is 30.7 Å². The molecule has 6 heteroatoms. The van der Waals surface area contributed by atoms with Gasteiger partial charge in [-0.2, -0.15) is 0 Å². The first-order chi connectivity index (χ1) is 12.9. The summed E-state index contributed by atoms with van der Waals surface area (Å²) in [5, 5.41) is 2.71. The van der Waals surface area contributed by atoms with Crippen molar-refractivity contribution in [1.82, 2.24) is 10.2 Å². The topological polar surface area (TPSA) is 75.7 Å². The van der Waals surface area contributed by atoms with Gasteiger partial charge >= 0.3 is 5.97 Å². The summed E-state index contributed by atoms with van der Waals surface area (Å²) in [5.41, 5.74) is -0.230. The number of ether oxygens (including phenoxy) is 1. The van der Waals surface area contributed by atoms with Gasteiger partial charge in [0.05, 0.1) is 5.41 Å². The number of hydrogen-bond acceptors (Lipinski definition) is 4. The van der Waals surface area contributed by atoms with Crippen molar-refractivity contribution in [2.45, 2.75) is 77.3 Å². The van der Waals surface area contributed by atoms with Crippen molar-refractivity contribution in [1.29, 1.82) is 0 Å². The van der Waals surface area contributed by atoms with Gasteiger partial charge < -0.3 is 15.0 Å². The van der Waals surface area contributed by atoms with Crippen molar-refractivity contribution < 1.29 is 19.1 Å². The molecule has 5 rings (SSSR count). The molecule has 0 aromatic rings. The van der Waals surface area contributed by atoms with Crippen LogP contribution in [0.25, 0.3) is 0 Å². The highest BCUT2D eigenvalue weighted by Crippen LogP contribution is 2.60. The van der Waals surface area contributed by atoms with Crippen LogP contribution < -0.4 is 5.32 Å². The van der Waals surface area contributed by atoms with Crippen molar-refractivity contribution in [2.75, 3.05) is 13.2 Å². The largest absolute Gasteiger partial charge is 0.454 e. The van der Waals surface area contributed by atoms with Gasteiger partial charge in [-0.15, -0.1) is 0 Å². The van der Waals surface area contributed by atoms with E-state index in [4.69, 9.17) is 4.74 Å². The fourth-order valence-corrected chi connectivity index (χ4v) is 6.53. The van der Waals surface area contributed by atoms with Crippen molar-refractivity contribution in [3.63, 3.8) is 0 Å². The van der Waals surface area contributed by atoms with Gasteiger partial charge in [0, 0.05) is 12.6 Å². The molecule has 1 saturated heterocycles. The predicted octanol–water partition coefficient (Wildman–Crippen LogP) is 2.26. The lowest BCUT2D eigenvalue weighted by molar-refractivity contribution is -0.166. The Morgan fingerprint density at radius 2 is 1.67 bits per heavy atom. The lowest BCUT2D eigenvalue weighted by Gasteiger charge is -2.56. The maximum atomic E-state index is 13.5. The molecular weight excluding hydrogens is 344 g/mol. The molecule has 4 bridgehead atoms. The molecule has 2 amide bonds. The fraction of sp³-hybridized carbons (Fsp3) is 0.857. The zero-order chi connectivity index (χ0) is 19.2. The van der Waals surface area contributed by atoms with Gasteiger partial charge in [-0.3, -0.25) is 9.59 Å². The molecule has 0 aromatic carbocycles. The van der Waals surface area contributed by atoms with Crippen LogP contribution in [0, 0.1) is 23.2 Å². The molecular formula is C21H32N2O4. The molecule has 0 aromatic heterocycles. The fourth-order valence-electron chi connectivity index (χ4n) is 6.53. The Balaban J connectivity index is 1.40. The van der Waals surface area contributed by atoms with Crippen LogP contribution in [0.1, 0.15) is 65.2 Å². The van der Waals surface area contributed by atoms with E-state index < -0.39 is 12.0 Å². The third-order valence-electron chi connectivity index (χ3n) is 7.07. The molecule has 0 spiro atoms. The lowest BCUT2D eigenvalue weighted by Crippen LogP contribution is -2.56. The van der Waals surface area contributed by atoms with Crippen LogP contribution in [-0.2, 0) is 19.1 Å². The Kier molecular flexibility index (Phi) is 4.93. The highest BCUT2D eigenvalue weighted by Gasteiger charge is 2.56. The molecule has 6 nitrogen and oxygen atoms in total. The molecule has 5 aliphatic rings. The second-order valence-electron chi connectivity index (χ2n) is 9.68. The molecule has 150 valence electrons. The maximum absolute atomic E-state index is 13.5. The number of likely N-dealkylation sites (tertiary alicyclic amines) is 1. The summed E-state index contributed by atoms with van der Waals surface area (Å²) in [6, 6.07) is -0.505. The van der Waals surface area contributed by atoms with Crippen LogP contribution in [0.3, 0.4) is 0 Å². The smallest absolute Gasteiger partial charge is 0.329 e. The van der Waals surface area contributed by atoms with Gasteiger partial charge in [-0.25, -0.2) is 4.79 Å². The minimum absolute atomic E-state index is 0.0110. The summed E-state index contributed by atoms with van der Waals surface area (Å²) < 4.78 is 5.24. The first-order valence-electron chi connectivity index (χ1n) is 10.6. The Morgan fingerprint density at radius 1 is 1.07 bits per heavy atom. The van der Waals surface area contributed by atoms with E-state index in [1.54, 1.807) is 4.90 Å². The minimum Gasteiger partial charge on any atom is -0.454 e. The van der Waals surface area contributed by atoms with Crippen LogP contribution >= 0.6 is 0 Å². The van der Waals surface area contributed by atoms with Crippen molar-refractivity contribution in [3.05, 3.63) is 0 Å². The molecule has 1 atom stereocenters. The molecule has 1 N–H and O–H groups in total.